The van der Waals surface area contributed by atoms with E-state index in [1.54, 1.807) is 30.3 Å². The van der Waals surface area contributed by atoms with Crippen molar-refractivity contribution in [1.82, 2.24) is 9.21 Å². The fraction of sp³-hybridized carbons (Fsp3) is 0.308. The molecule has 0 atom stereocenters. The minimum atomic E-state index is -3.51. The summed E-state index contributed by atoms with van der Waals surface area (Å²) >= 11 is 0. The molecule has 0 aromatic heterocycles. The Bertz CT molecular complexity index is 569. The molecule has 0 aliphatic carbocycles. The number of nitrogens with zero attached hydrogens (tertiary/aromatic N) is 2. The van der Waals surface area contributed by atoms with Crippen molar-refractivity contribution >= 4 is 15.9 Å². The normalized spacial score (nSPS) is 16.5. The maximum atomic E-state index is 12.3. The minimum Gasteiger partial charge on any atom is -0.327 e. The molecule has 102 valence electrons. The highest BCUT2D eigenvalue weighted by molar-refractivity contribution is 7.89. The first-order valence-corrected chi connectivity index (χ1v) is 7.43. The van der Waals surface area contributed by atoms with E-state index in [0.717, 1.165) is 0 Å². The van der Waals surface area contributed by atoms with E-state index in [0.29, 0.717) is 13.1 Å². The lowest BCUT2D eigenvalue weighted by atomic mass is 10.4. The molecule has 0 spiro atoms. The third kappa shape index (κ3) is 2.85. The maximum absolute atomic E-state index is 12.3. The van der Waals surface area contributed by atoms with Gasteiger partial charge in [0.1, 0.15) is 0 Å². The van der Waals surface area contributed by atoms with Crippen molar-refractivity contribution < 1.29 is 13.2 Å². The van der Waals surface area contributed by atoms with Crippen molar-refractivity contribution in [1.29, 1.82) is 0 Å². The molecule has 1 amide bonds. The van der Waals surface area contributed by atoms with E-state index in [-0.39, 0.29) is 23.9 Å². The molecule has 2 rings (SSSR count). The third-order valence-corrected chi connectivity index (χ3v) is 4.85. The van der Waals surface area contributed by atoms with Gasteiger partial charge in [0.15, 0.2) is 0 Å². The zero-order valence-corrected chi connectivity index (χ0v) is 11.3. The van der Waals surface area contributed by atoms with Gasteiger partial charge in [-0.1, -0.05) is 24.3 Å². The molecule has 6 heteroatoms. The standard InChI is InChI=1S/C13H16N2O3S/c1-2-6-13(16)14-9-10-15(11-14)19(17,18)12-7-4-3-5-8-12/h2-5,7-8H,1,6,9-11H2. The topological polar surface area (TPSA) is 57.7 Å². The molecule has 1 aliphatic heterocycles. The van der Waals surface area contributed by atoms with E-state index in [1.807, 2.05) is 0 Å². The first-order valence-electron chi connectivity index (χ1n) is 5.99. The molecule has 0 radical (unpaired) electrons. The van der Waals surface area contributed by atoms with Crippen molar-refractivity contribution in [3.8, 4) is 0 Å². The molecule has 1 heterocycles. The van der Waals surface area contributed by atoms with Gasteiger partial charge in [-0.2, -0.15) is 4.31 Å². The van der Waals surface area contributed by atoms with Gasteiger partial charge in [0.2, 0.25) is 15.9 Å². The van der Waals surface area contributed by atoms with Gasteiger partial charge in [-0.25, -0.2) is 8.42 Å². The van der Waals surface area contributed by atoms with Crippen LogP contribution in [0, 0.1) is 0 Å². The van der Waals surface area contributed by atoms with Gasteiger partial charge in [0, 0.05) is 19.5 Å². The smallest absolute Gasteiger partial charge is 0.244 e. The molecule has 1 aliphatic rings. The van der Waals surface area contributed by atoms with Crippen molar-refractivity contribution in [3.63, 3.8) is 0 Å². The van der Waals surface area contributed by atoms with Crippen LogP contribution < -0.4 is 0 Å². The molecule has 0 unspecified atom stereocenters. The molecule has 1 fully saturated rings. The number of hydrogen-bond donors (Lipinski definition) is 0. The monoisotopic (exact) mass is 280 g/mol. The van der Waals surface area contributed by atoms with Crippen molar-refractivity contribution in [2.24, 2.45) is 0 Å². The van der Waals surface area contributed by atoms with Gasteiger partial charge in [-0.15, -0.1) is 6.58 Å². The van der Waals surface area contributed by atoms with Crippen molar-refractivity contribution in [2.75, 3.05) is 19.8 Å². The van der Waals surface area contributed by atoms with Crippen LogP contribution in [0.1, 0.15) is 6.42 Å². The average Bonchev–Trinajstić information content (AvgIpc) is 2.90. The van der Waals surface area contributed by atoms with Gasteiger partial charge >= 0.3 is 0 Å². The first kappa shape index (κ1) is 13.8. The zero-order chi connectivity index (χ0) is 13.9. The number of rotatable bonds is 4. The van der Waals surface area contributed by atoms with Crippen LogP contribution in [0.3, 0.4) is 0 Å². The Balaban J connectivity index is 2.13. The van der Waals surface area contributed by atoms with Crippen LogP contribution >= 0.6 is 0 Å². The second-order valence-electron chi connectivity index (χ2n) is 4.28. The molecule has 1 saturated heterocycles. The lowest BCUT2D eigenvalue weighted by Gasteiger charge is -2.18. The second-order valence-corrected chi connectivity index (χ2v) is 6.22. The van der Waals surface area contributed by atoms with Crippen LogP contribution in [0.2, 0.25) is 0 Å². The van der Waals surface area contributed by atoms with E-state index in [2.05, 4.69) is 6.58 Å². The molecule has 0 N–H and O–H groups in total. The summed E-state index contributed by atoms with van der Waals surface area (Å²) in [5.74, 6) is -0.0965. The molecule has 0 bridgehead atoms. The van der Waals surface area contributed by atoms with Crippen LogP contribution in [0.25, 0.3) is 0 Å². The molecule has 19 heavy (non-hydrogen) atoms. The van der Waals surface area contributed by atoms with Gasteiger partial charge in [-0.3, -0.25) is 4.79 Å². The summed E-state index contributed by atoms with van der Waals surface area (Å²) in [4.78, 5) is 13.5. The molecular formula is C13H16N2O3S. The number of benzene rings is 1. The highest BCUT2D eigenvalue weighted by Gasteiger charge is 2.32. The van der Waals surface area contributed by atoms with Crippen LogP contribution in [0.5, 0.6) is 0 Å². The van der Waals surface area contributed by atoms with E-state index >= 15 is 0 Å². The van der Waals surface area contributed by atoms with E-state index in [1.165, 1.54) is 15.3 Å². The fourth-order valence-electron chi connectivity index (χ4n) is 1.96. The Labute approximate surface area is 113 Å². The Morgan fingerprint density at radius 3 is 2.58 bits per heavy atom. The average molecular weight is 280 g/mol. The largest absolute Gasteiger partial charge is 0.327 e. The molecule has 1 aromatic rings. The SMILES string of the molecule is C=CCC(=O)N1CCN(S(=O)(=O)c2ccccc2)C1. The molecule has 0 saturated carbocycles. The van der Waals surface area contributed by atoms with Gasteiger partial charge < -0.3 is 4.90 Å². The van der Waals surface area contributed by atoms with E-state index < -0.39 is 10.0 Å². The summed E-state index contributed by atoms with van der Waals surface area (Å²) in [6, 6.07) is 8.25. The summed E-state index contributed by atoms with van der Waals surface area (Å²) in [5.41, 5.74) is 0. The fourth-order valence-corrected chi connectivity index (χ4v) is 3.37. The minimum absolute atomic E-state index is 0.0965. The predicted molar refractivity (Wildman–Crippen MR) is 71.7 cm³/mol. The van der Waals surface area contributed by atoms with Crippen LogP contribution in [-0.4, -0.2) is 43.3 Å². The maximum Gasteiger partial charge on any atom is 0.244 e. The van der Waals surface area contributed by atoms with Gasteiger partial charge in [0.25, 0.3) is 0 Å². The predicted octanol–water partition coefficient (Wildman–Crippen LogP) is 1.05. The highest BCUT2D eigenvalue weighted by Crippen LogP contribution is 2.19. The summed E-state index contributed by atoms with van der Waals surface area (Å²) in [6.07, 6.45) is 1.76. The van der Waals surface area contributed by atoms with Crippen LogP contribution in [0.15, 0.2) is 47.9 Å². The van der Waals surface area contributed by atoms with Crippen LogP contribution in [-0.2, 0) is 14.8 Å². The molecular weight excluding hydrogens is 264 g/mol. The lowest BCUT2D eigenvalue weighted by Crippen LogP contribution is -2.33. The Morgan fingerprint density at radius 2 is 1.95 bits per heavy atom. The Morgan fingerprint density at radius 1 is 1.26 bits per heavy atom. The van der Waals surface area contributed by atoms with Crippen molar-refractivity contribution in [3.05, 3.63) is 43.0 Å². The quantitative estimate of drug-likeness (QED) is 0.775. The number of carbonyl (C=O) groups is 1. The van der Waals surface area contributed by atoms with Crippen LogP contribution in [0.4, 0.5) is 0 Å². The Hall–Kier alpha value is -1.66. The zero-order valence-electron chi connectivity index (χ0n) is 10.5. The third-order valence-electron chi connectivity index (χ3n) is 3.00. The highest BCUT2D eigenvalue weighted by atomic mass is 32.2. The summed E-state index contributed by atoms with van der Waals surface area (Å²) in [5, 5.41) is 0. The summed E-state index contributed by atoms with van der Waals surface area (Å²) in [7, 11) is -3.51. The summed E-state index contributed by atoms with van der Waals surface area (Å²) < 4.78 is 26.0. The number of hydrogen-bond acceptors (Lipinski definition) is 3. The van der Waals surface area contributed by atoms with Crippen molar-refractivity contribution in [2.45, 2.75) is 11.3 Å². The van der Waals surface area contributed by atoms with Gasteiger partial charge in [0.05, 0.1) is 11.6 Å². The molecule has 1 aromatic carbocycles. The number of sulfonamides is 1. The summed E-state index contributed by atoms with van der Waals surface area (Å²) in [6.45, 7) is 4.39. The second kappa shape index (κ2) is 5.54. The number of carbonyl (C=O) groups excluding carboxylic acids is 1. The molecule has 5 nitrogen and oxygen atoms in total. The van der Waals surface area contributed by atoms with E-state index in [9.17, 15) is 13.2 Å². The Kier molecular flexibility index (Phi) is 4.01. The van der Waals surface area contributed by atoms with Gasteiger partial charge in [-0.05, 0) is 12.1 Å². The lowest BCUT2D eigenvalue weighted by molar-refractivity contribution is -0.129. The first-order chi connectivity index (χ1) is 9.05. The number of amides is 1. The van der Waals surface area contributed by atoms with E-state index in [4.69, 9.17) is 0 Å².